The number of methoxy groups -OCH3 is 1. The number of hydrogen-bond acceptors (Lipinski definition) is 6. The van der Waals surface area contributed by atoms with Crippen molar-refractivity contribution in [2.24, 2.45) is 0 Å². The number of carbonyl (C=O) groups is 1. The van der Waals surface area contributed by atoms with E-state index in [2.05, 4.69) is 25.9 Å². The lowest BCUT2D eigenvalue weighted by molar-refractivity contribution is 0.105. The molecule has 0 radical (unpaired) electrons. The van der Waals surface area contributed by atoms with E-state index < -0.39 is 0 Å². The van der Waals surface area contributed by atoms with Gasteiger partial charge in [-0.1, -0.05) is 0 Å². The van der Waals surface area contributed by atoms with Crippen LogP contribution in [0.3, 0.4) is 0 Å². The molecule has 110 valence electrons. The summed E-state index contributed by atoms with van der Waals surface area (Å²) in [4.78, 5) is 23.9. The number of ether oxygens (including phenoxy) is 2. The summed E-state index contributed by atoms with van der Waals surface area (Å²) in [5, 5.41) is 0. The standard InChI is InChI=1S/C12H17BrN4O3/c1-3-20-12(18)17-6-4-16(5-7-17)11-14-8-9(13)10(15-11)19-2/h8H,3-7H2,1-2H3. The molecule has 8 heteroatoms. The lowest BCUT2D eigenvalue weighted by Crippen LogP contribution is -2.49. The summed E-state index contributed by atoms with van der Waals surface area (Å²) in [6, 6.07) is 0. The highest BCUT2D eigenvalue weighted by Gasteiger charge is 2.23. The first-order valence-corrected chi connectivity index (χ1v) is 7.18. The minimum absolute atomic E-state index is 0.263. The third kappa shape index (κ3) is 3.30. The van der Waals surface area contributed by atoms with Crippen molar-refractivity contribution in [3.63, 3.8) is 0 Å². The van der Waals surface area contributed by atoms with Crippen molar-refractivity contribution in [2.45, 2.75) is 6.92 Å². The van der Waals surface area contributed by atoms with Gasteiger partial charge in [-0.25, -0.2) is 9.78 Å². The summed E-state index contributed by atoms with van der Waals surface area (Å²) in [6.45, 7) is 4.73. The van der Waals surface area contributed by atoms with Gasteiger partial charge < -0.3 is 19.3 Å². The number of aromatic nitrogens is 2. The number of anilines is 1. The van der Waals surface area contributed by atoms with Crippen molar-refractivity contribution in [1.82, 2.24) is 14.9 Å². The van der Waals surface area contributed by atoms with Crippen molar-refractivity contribution < 1.29 is 14.3 Å². The van der Waals surface area contributed by atoms with Crippen LogP contribution in [-0.2, 0) is 4.74 Å². The second-order valence-corrected chi connectivity index (χ2v) is 5.05. The van der Waals surface area contributed by atoms with E-state index in [9.17, 15) is 4.79 Å². The molecule has 1 amide bonds. The zero-order valence-electron chi connectivity index (χ0n) is 11.5. The van der Waals surface area contributed by atoms with E-state index in [1.165, 1.54) is 0 Å². The van der Waals surface area contributed by atoms with Crippen molar-refractivity contribution in [3.05, 3.63) is 10.7 Å². The fraction of sp³-hybridized carbons (Fsp3) is 0.583. The SMILES string of the molecule is CCOC(=O)N1CCN(c2ncc(Br)c(OC)n2)CC1. The third-order valence-electron chi connectivity index (χ3n) is 2.98. The largest absolute Gasteiger partial charge is 0.480 e. The molecule has 0 aliphatic carbocycles. The molecule has 2 rings (SSSR count). The third-order valence-corrected chi connectivity index (χ3v) is 3.53. The fourth-order valence-corrected chi connectivity index (χ4v) is 2.29. The van der Waals surface area contributed by atoms with Crippen LogP contribution in [0.4, 0.5) is 10.7 Å². The summed E-state index contributed by atoms with van der Waals surface area (Å²) in [6.07, 6.45) is 1.40. The zero-order valence-corrected chi connectivity index (χ0v) is 13.1. The highest BCUT2D eigenvalue weighted by atomic mass is 79.9. The van der Waals surface area contributed by atoms with E-state index in [1.807, 2.05) is 4.90 Å². The average Bonchev–Trinajstić information content (AvgIpc) is 2.48. The fourth-order valence-electron chi connectivity index (χ4n) is 1.94. The van der Waals surface area contributed by atoms with Gasteiger partial charge in [0.15, 0.2) is 0 Å². The van der Waals surface area contributed by atoms with E-state index in [0.717, 1.165) is 0 Å². The van der Waals surface area contributed by atoms with Crippen LogP contribution in [0.25, 0.3) is 0 Å². The molecule has 0 unspecified atom stereocenters. The van der Waals surface area contributed by atoms with Gasteiger partial charge in [-0.15, -0.1) is 0 Å². The van der Waals surface area contributed by atoms with Gasteiger partial charge in [0.2, 0.25) is 11.8 Å². The predicted molar refractivity (Wildman–Crippen MR) is 77.1 cm³/mol. The minimum atomic E-state index is -0.263. The molecule has 1 aliphatic rings. The molecule has 0 saturated carbocycles. The average molecular weight is 345 g/mol. The Bertz CT molecular complexity index is 478. The van der Waals surface area contributed by atoms with E-state index in [-0.39, 0.29) is 6.09 Å². The van der Waals surface area contributed by atoms with E-state index in [0.29, 0.717) is 49.1 Å². The molecule has 0 aromatic carbocycles. The highest BCUT2D eigenvalue weighted by Crippen LogP contribution is 2.23. The Hall–Kier alpha value is -1.57. The van der Waals surface area contributed by atoms with Gasteiger partial charge in [0.05, 0.1) is 24.4 Å². The van der Waals surface area contributed by atoms with Gasteiger partial charge in [0.25, 0.3) is 0 Å². The number of carbonyl (C=O) groups excluding carboxylic acids is 1. The monoisotopic (exact) mass is 344 g/mol. The number of nitrogens with zero attached hydrogens (tertiary/aromatic N) is 4. The smallest absolute Gasteiger partial charge is 0.409 e. The van der Waals surface area contributed by atoms with Gasteiger partial charge >= 0.3 is 6.09 Å². The number of rotatable bonds is 3. The quantitative estimate of drug-likeness (QED) is 0.828. The van der Waals surface area contributed by atoms with E-state index >= 15 is 0 Å². The van der Waals surface area contributed by atoms with Gasteiger partial charge in [0.1, 0.15) is 0 Å². The lowest BCUT2D eigenvalue weighted by atomic mass is 10.3. The molecule has 7 nitrogen and oxygen atoms in total. The molecule has 0 bridgehead atoms. The van der Waals surface area contributed by atoms with Gasteiger partial charge in [-0.2, -0.15) is 4.98 Å². The number of piperazine rings is 1. The first kappa shape index (κ1) is 14.8. The zero-order chi connectivity index (χ0) is 14.5. The van der Waals surface area contributed by atoms with Crippen LogP contribution in [0, 0.1) is 0 Å². The van der Waals surface area contributed by atoms with Gasteiger partial charge in [0, 0.05) is 26.2 Å². The molecule has 0 N–H and O–H groups in total. The molecular formula is C12H17BrN4O3. The van der Waals surface area contributed by atoms with Crippen LogP contribution in [0.5, 0.6) is 5.88 Å². The molecule has 1 aromatic heterocycles. The van der Waals surface area contributed by atoms with Crippen LogP contribution < -0.4 is 9.64 Å². The molecule has 1 fully saturated rings. The second-order valence-electron chi connectivity index (χ2n) is 4.20. The number of hydrogen-bond donors (Lipinski definition) is 0. The maximum atomic E-state index is 11.6. The van der Waals surface area contributed by atoms with E-state index in [1.54, 1.807) is 25.1 Å². The summed E-state index contributed by atoms with van der Waals surface area (Å²) in [5.74, 6) is 1.11. The van der Waals surface area contributed by atoms with Crippen LogP contribution in [-0.4, -0.2) is 60.9 Å². The molecule has 2 heterocycles. The van der Waals surface area contributed by atoms with Crippen molar-refractivity contribution in [3.8, 4) is 5.88 Å². The summed E-state index contributed by atoms with van der Waals surface area (Å²) < 4.78 is 10.9. The van der Waals surface area contributed by atoms with Crippen LogP contribution in [0.1, 0.15) is 6.92 Å². The van der Waals surface area contributed by atoms with E-state index in [4.69, 9.17) is 9.47 Å². The molecule has 1 aromatic rings. The highest BCUT2D eigenvalue weighted by molar-refractivity contribution is 9.10. The summed E-state index contributed by atoms with van der Waals surface area (Å²) in [7, 11) is 1.57. The maximum Gasteiger partial charge on any atom is 0.409 e. The minimum Gasteiger partial charge on any atom is -0.480 e. The number of halogens is 1. The van der Waals surface area contributed by atoms with Crippen molar-refractivity contribution in [1.29, 1.82) is 0 Å². The Morgan fingerprint density at radius 2 is 2.10 bits per heavy atom. The Morgan fingerprint density at radius 1 is 1.40 bits per heavy atom. The molecule has 0 spiro atoms. The maximum absolute atomic E-state index is 11.6. The molecule has 20 heavy (non-hydrogen) atoms. The summed E-state index contributed by atoms with van der Waals surface area (Å²) in [5.41, 5.74) is 0. The Morgan fingerprint density at radius 3 is 2.70 bits per heavy atom. The predicted octanol–water partition coefficient (Wildman–Crippen LogP) is 1.53. The second kappa shape index (κ2) is 6.74. The van der Waals surface area contributed by atoms with Crippen LogP contribution >= 0.6 is 15.9 Å². The topological polar surface area (TPSA) is 67.8 Å². The molecule has 1 saturated heterocycles. The Kier molecular flexibility index (Phi) is 4.99. The first-order chi connectivity index (χ1) is 9.65. The lowest BCUT2D eigenvalue weighted by Gasteiger charge is -2.34. The van der Waals surface area contributed by atoms with Crippen molar-refractivity contribution in [2.75, 3.05) is 44.8 Å². The molecule has 1 aliphatic heterocycles. The summed E-state index contributed by atoms with van der Waals surface area (Å²) >= 11 is 3.32. The van der Waals surface area contributed by atoms with Crippen LogP contribution in [0.2, 0.25) is 0 Å². The molecule has 0 atom stereocenters. The first-order valence-electron chi connectivity index (χ1n) is 6.39. The van der Waals surface area contributed by atoms with Crippen LogP contribution in [0.15, 0.2) is 10.7 Å². The Labute approximate surface area is 126 Å². The van der Waals surface area contributed by atoms with Crippen molar-refractivity contribution >= 4 is 28.0 Å². The van der Waals surface area contributed by atoms with Gasteiger partial charge in [-0.3, -0.25) is 0 Å². The molecular weight excluding hydrogens is 328 g/mol. The number of amides is 1. The Balaban J connectivity index is 1.98. The van der Waals surface area contributed by atoms with Gasteiger partial charge in [-0.05, 0) is 22.9 Å². The normalized spacial score (nSPS) is 15.2.